The lowest BCUT2D eigenvalue weighted by Crippen LogP contribution is -2.18. The number of rotatable bonds is 8. The largest absolute Gasteiger partial charge is 0.426 e. The molecule has 5 nitrogen and oxygen atoms in total. The molecular formula is C31H38N4O. The molecule has 0 aromatic heterocycles. The van der Waals surface area contributed by atoms with Crippen LogP contribution in [0, 0.1) is 5.92 Å². The van der Waals surface area contributed by atoms with Gasteiger partial charge in [-0.2, -0.15) is 0 Å². The molecule has 0 saturated heterocycles. The van der Waals surface area contributed by atoms with Crippen molar-refractivity contribution in [2.75, 3.05) is 13.1 Å². The molecular weight excluding hydrogens is 444 g/mol. The molecule has 2 aromatic rings. The van der Waals surface area contributed by atoms with Crippen molar-refractivity contribution in [3.05, 3.63) is 109 Å². The fraction of sp³-hybridized carbons (Fsp3) is 0.290. The number of para-hydroxylation sites is 1. The van der Waals surface area contributed by atoms with Crippen molar-refractivity contribution in [2.45, 2.75) is 39.0 Å². The number of aryl methyl sites for hydroxylation is 1. The minimum absolute atomic E-state index is 0.111. The van der Waals surface area contributed by atoms with Crippen LogP contribution in [0.4, 0.5) is 0 Å². The van der Waals surface area contributed by atoms with Gasteiger partial charge in [0.15, 0.2) is 0 Å². The normalized spacial score (nSPS) is 19.4. The summed E-state index contributed by atoms with van der Waals surface area (Å²) in [6.45, 7) is 7.93. The van der Waals surface area contributed by atoms with Crippen LogP contribution < -0.4 is 15.8 Å². The van der Waals surface area contributed by atoms with Gasteiger partial charge in [-0.1, -0.05) is 66.8 Å². The number of aliphatic imine (C=N–C) groups is 2. The molecule has 0 amide bonds. The van der Waals surface area contributed by atoms with E-state index in [-0.39, 0.29) is 6.02 Å². The Morgan fingerprint density at radius 2 is 2.06 bits per heavy atom. The van der Waals surface area contributed by atoms with E-state index in [1.165, 1.54) is 11.1 Å². The Balaban J connectivity index is 1.50. The first kappa shape index (κ1) is 26.7. The maximum atomic E-state index is 5.85. The Labute approximate surface area is 215 Å². The molecule has 3 rings (SSSR count). The summed E-state index contributed by atoms with van der Waals surface area (Å²) >= 11 is 0. The van der Waals surface area contributed by atoms with E-state index in [4.69, 9.17) is 15.5 Å². The quantitative estimate of drug-likeness (QED) is 0.335. The molecule has 0 saturated carbocycles. The number of nitrogens with one attached hydrogen (secondary N) is 1. The van der Waals surface area contributed by atoms with Gasteiger partial charge in [-0.25, -0.2) is 4.99 Å². The first-order chi connectivity index (χ1) is 17.6. The van der Waals surface area contributed by atoms with Gasteiger partial charge in [-0.15, -0.1) is 0 Å². The highest BCUT2D eigenvalue weighted by molar-refractivity contribution is 5.79. The first-order valence-electron chi connectivity index (χ1n) is 12.6. The summed E-state index contributed by atoms with van der Waals surface area (Å²) in [5.74, 6) is 1.29. The maximum absolute atomic E-state index is 5.85. The Kier molecular flexibility index (Phi) is 11.3. The standard InChI is InChI=1S/C31H38N4O/c1-25(2)29-12-6-9-27(23-29)16-15-26-17-21-33-19-7-10-28(24-34-22-18-26)11-8-20-35-31(32)36-30-13-4-3-5-14-30/h3-10,12-14,19-20,23-24,26,33H,1,11,15-18,21-22H2,2H3,(H2,32,35)/b19-7+,20-8-,28-10-,34-24?. The molecule has 0 radical (unpaired) electrons. The van der Waals surface area contributed by atoms with Crippen molar-refractivity contribution in [3.63, 3.8) is 0 Å². The Hall–Kier alpha value is -3.86. The molecule has 0 spiro atoms. The van der Waals surface area contributed by atoms with Gasteiger partial charge in [-0.3, -0.25) is 4.99 Å². The van der Waals surface area contributed by atoms with E-state index in [1.54, 1.807) is 6.20 Å². The number of nitrogens with two attached hydrogens (primary N) is 1. The molecule has 1 aliphatic heterocycles. The van der Waals surface area contributed by atoms with Crippen molar-refractivity contribution in [1.29, 1.82) is 0 Å². The lowest BCUT2D eigenvalue weighted by molar-refractivity contribution is 0.423. The van der Waals surface area contributed by atoms with Crippen molar-refractivity contribution in [2.24, 2.45) is 21.6 Å². The number of allylic oxidation sites excluding steroid dienone is 5. The van der Waals surface area contributed by atoms with Crippen LogP contribution >= 0.6 is 0 Å². The average Bonchev–Trinajstić information content (AvgIpc) is 2.88. The second kappa shape index (κ2) is 15.2. The van der Waals surface area contributed by atoms with Crippen LogP contribution in [0.1, 0.15) is 43.7 Å². The number of ether oxygens (including phenoxy) is 1. The third-order valence-corrected chi connectivity index (χ3v) is 6.03. The first-order valence-corrected chi connectivity index (χ1v) is 12.6. The Morgan fingerprint density at radius 1 is 1.19 bits per heavy atom. The maximum Gasteiger partial charge on any atom is 0.292 e. The highest BCUT2D eigenvalue weighted by Gasteiger charge is 2.09. The lowest BCUT2D eigenvalue weighted by atomic mass is 9.92. The van der Waals surface area contributed by atoms with E-state index in [0.717, 1.165) is 49.9 Å². The van der Waals surface area contributed by atoms with Gasteiger partial charge < -0.3 is 15.8 Å². The molecule has 1 aliphatic rings. The van der Waals surface area contributed by atoms with Crippen molar-refractivity contribution in [1.82, 2.24) is 5.32 Å². The minimum atomic E-state index is 0.111. The monoisotopic (exact) mass is 482 g/mol. The van der Waals surface area contributed by atoms with Crippen molar-refractivity contribution < 1.29 is 4.74 Å². The second-order valence-electron chi connectivity index (χ2n) is 9.02. The molecule has 1 unspecified atom stereocenters. The number of hydrogen-bond acceptors (Lipinski definition) is 4. The van der Waals surface area contributed by atoms with Crippen molar-refractivity contribution >= 4 is 17.8 Å². The smallest absolute Gasteiger partial charge is 0.292 e. The molecule has 0 fully saturated rings. The molecule has 5 heteroatoms. The van der Waals surface area contributed by atoms with Crippen LogP contribution in [-0.4, -0.2) is 25.3 Å². The van der Waals surface area contributed by atoms with Crippen LogP contribution in [0.2, 0.25) is 0 Å². The fourth-order valence-corrected chi connectivity index (χ4v) is 3.96. The summed E-state index contributed by atoms with van der Waals surface area (Å²) in [5, 5.41) is 3.43. The zero-order valence-electron chi connectivity index (χ0n) is 21.3. The highest BCUT2D eigenvalue weighted by atomic mass is 16.5. The summed E-state index contributed by atoms with van der Waals surface area (Å²) in [7, 11) is 0. The van der Waals surface area contributed by atoms with Crippen molar-refractivity contribution in [3.8, 4) is 5.75 Å². The summed E-state index contributed by atoms with van der Waals surface area (Å²) in [5.41, 5.74) is 10.7. The third-order valence-electron chi connectivity index (χ3n) is 6.03. The second-order valence-corrected chi connectivity index (χ2v) is 9.02. The molecule has 0 aliphatic carbocycles. The van der Waals surface area contributed by atoms with Gasteiger partial charge in [0, 0.05) is 25.5 Å². The third kappa shape index (κ3) is 10.2. The van der Waals surface area contributed by atoms with E-state index in [9.17, 15) is 0 Å². The van der Waals surface area contributed by atoms with Crippen LogP contribution in [0.5, 0.6) is 5.75 Å². The van der Waals surface area contributed by atoms with Gasteiger partial charge in [0.2, 0.25) is 0 Å². The van der Waals surface area contributed by atoms with Gasteiger partial charge in [-0.05, 0) is 86.1 Å². The molecule has 0 bridgehead atoms. The summed E-state index contributed by atoms with van der Waals surface area (Å²) in [4.78, 5) is 8.88. The molecule has 36 heavy (non-hydrogen) atoms. The van der Waals surface area contributed by atoms with E-state index in [0.29, 0.717) is 18.1 Å². The lowest BCUT2D eigenvalue weighted by Gasteiger charge is -2.17. The number of nitrogens with zero attached hydrogens (tertiary/aromatic N) is 2. The topological polar surface area (TPSA) is 72.0 Å². The SMILES string of the molecule is C=C(C)c1cccc(CCC2CCN=C/C(C/C=C\N=C(N)Oc3ccccc3)=C\C=C\NCC2)c1. The average molecular weight is 483 g/mol. The van der Waals surface area contributed by atoms with Gasteiger partial charge in [0.05, 0.1) is 0 Å². The molecule has 2 aromatic carbocycles. The fourth-order valence-electron chi connectivity index (χ4n) is 3.96. The molecule has 188 valence electrons. The Bertz CT molecular complexity index is 1110. The minimum Gasteiger partial charge on any atom is -0.426 e. The summed E-state index contributed by atoms with van der Waals surface area (Å²) in [6.07, 6.45) is 16.9. The van der Waals surface area contributed by atoms with Crippen LogP contribution in [0.25, 0.3) is 5.57 Å². The zero-order valence-corrected chi connectivity index (χ0v) is 21.3. The summed E-state index contributed by atoms with van der Waals surface area (Å²) < 4.78 is 5.49. The van der Waals surface area contributed by atoms with Crippen LogP contribution in [0.15, 0.2) is 107 Å². The van der Waals surface area contributed by atoms with Gasteiger partial charge in [0.25, 0.3) is 6.02 Å². The predicted molar refractivity (Wildman–Crippen MR) is 153 cm³/mol. The van der Waals surface area contributed by atoms with E-state index < -0.39 is 0 Å². The highest BCUT2D eigenvalue weighted by Crippen LogP contribution is 2.20. The van der Waals surface area contributed by atoms with E-state index >= 15 is 0 Å². The number of benzene rings is 2. The number of amidine groups is 1. The van der Waals surface area contributed by atoms with E-state index in [1.807, 2.05) is 54.9 Å². The molecule has 1 heterocycles. The molecule has 3 N–H and O–H groups in total. The van der Waals surface area contributed by atoms with Crippen LogP contribution in [-0.2, 0) is 6.42 Å². The van der Waals surface area contributed by atoms with Gasteiger partial charge in [0.1, 0.15) is 5.75 Å². The number of hydrogen-bond donors (Lipinski definition) is 2. The van der Waals surface area contributed by atoms with Gasteiger partial charge >= 0.3 is 0 Å². The molecule has 1 atom stereocenters. The predicted octanol–water partition coefficient (Wildman–Crippen LogP) is 6.46. The van der Waals surface area contributed by atoms with E-state index in [2.05, 4.69) is 54.2 Å². The Morgan fingerprint density at radius 3 is 2.89 bits per heavy atom. The summed E-state index contributed by atoms with van der Waals surface area (Å²) in [6, 6.07) is 18.2. The van der Waals surface area contributed by atoms with Crippen LogP contribution in [0.3, 0.4) is 0 Å². The zero-order chi connectivity index (χ0) is 25.4.